The van der Waals surface area contributed by atoms with E-state index in [4.69, 9.17) is 42.6 Å². The van der Waals surface area contributed by atoms with Crippen LogP contribution in [0.5, 0.6) is 34.5 Å². The van der Waals surface area contributed by atoms with Crippen molar-refractivity contribution in [2.45, 2.75) is 77.7 Å². The third kappa shape index (κ3) is 16.7. The first kappa shape index (κ1) is 66.2. The zero-order valence-electron chi connectivity index (χ0n) is 47.8. The zero-order valence-corrected chi connectivity index (χ0v) is 49.4. The maximum absolute atomic E-state index is 14.1. The van der Waals surface area contributed by atoms with Crippen molar-refractivity contribution in [3.63, 3.8) is 0 Å². The van der Waals surface area contributed by atoms with E-state index >= 15 is 0 Å². The Morgan fingerprint density at radius 2 is 1.04 bits per heavy atom. The molecule has 2 heterocycles. The number of benzene rings is 6. The molecule has 0 spiro atoms. The fourth-order valence-electron chi connectivity index (χ4n) is 9.55. The second kappa shape index (κ2) is 31.8. The predicted octanol–water partition coefficient (Wildman–Crippen LogP) is 8.42. The number of esters is 1. The van der Waals surface area contributed by atoms with Gasteiger partial charge in [-0.1, -0.05) is 30.3 Å². The number of carboxylic acid groups (broad SMARTS) is 1. The lowest BCUT2D eigenvalue weighted by Gasteiger charge is -2.26. The van der Waals surface area contributed by atoms with E-state index in [-0.39, 0.29) is 18.3 Å². The van der Waals surface area contributed by atoms with E-state index in [1.807, 2.05) is 32.0 Å². The van der Waals surface area contributed by atoms with Crippen LogP contribution in [0.25, 0.3) is 11.1 Å². The van der Waals surface area contributed by atoms with Crippen molar-refractivity contribution in [3.05, 3.63) is 157 Å². The summed E-state index contributed by atoms with van der Waals surface area (Å²) in [6.07, 6.45) is 2.88. The number of amides is 2. The van der Waals surface area contributed by atoms with Gasteiger partial charge in [0.2, 0.25) is 0 Å². The summed E-state index contributed by atoms with van der Waals surface area (Å²) in [7, 11) is 5.59. The van der Waals surface area contributed by atoms with E-state index in [9.17, 15) is 51.9 Å². The predicted molar refractivity (Wildman–Crippen MR) is 309 cm³/mol. The average molecular weight is 1250 g/mol. The molecular formula is C61H66BBrF4N2O16. The molecule has 2 aliphatic heterocycles. The lowest BCUT2D eigenvalue weighted by molar-refractivity contribution is -0.143. The van der Waals surface area contributed by atoms with Crippen LogP contribution in [-0.4, -0.2) is 120 Å². The number of carbonyl (C=O) groups excluding carboxylic acids is 3. The zero-order chi connectivity index (χ0) is 61.9. The number of ether oxygens (including phenoxy) is 9. The summed E-state index contributed by atoms with van der Waals surface area (Å²) in [5.41, 5.74) is 4.89. The number of carbonyl (C=O) groups is 4. The van der Waals surface area contributed by atoms with Crippen molar-refractivity contribution in [2.75, 3.05) is 62.0 Å². The van der Waals surface area contributed by atoms with E-state index in [0.29, 0.717) is 104 Å². The number of aliphatic carboxylic acids is 1. The van der Waals surface area contributed by atoms with Crippen LogP contribution in [0.2, 0.25) is 0 Å². The highest BCUT2D eigenvalue weighted by atomic mass is 79.9. The summed E-state index contributed by atoms with van der Waals surface area (Å²) in [4.78, 5) is 49.4. The molecule has 2 amide bonds. The van der Waals surface area contributed by atoms with Gasteiger partial charge in [-0.15, -0.1) is 0 Å². The van der Waals surface area contributed by atoms with Crippen LogP contribution in [0, 0.1) is 23.3 Å². The van der Waals surface area contributed by atoms with Crippen LogP contribution in [0.1, 0.15) is 80.8 Å². The van der Waals surface area contributed by atoms with Crippen LogP contribution in [0.15, 0.2) is 89.4 Å². The van der Waals surface area contributed by atoms with E-state index in [1.54, 1.807) is 44.6 Å². The molecule has 5 N–H and O–H groups in total. The molecule has 0 radical (unpaired) electrons. The molecule has 0 unspecified atom stereocenters. The smallest absolute Gasteiger partial charge is 0.496 e. The largest absolute Gasteiger partial charge is 0.497 e. The van der Waals surface area contributed by atoms with Crippen LogP contribution < -0.4 is 44.5 Å². The molecule has 2 aliphatic rings. The van der Waals surface area contributed by atoms with E-state index in [1.165, 1.54) is 21.3 Å². The van der Waals surface area contributed by atoms with Crippen molar-refractivity contribution in [1.82, 2.24) is 10.6 Å². The van der Waals surface area contributed by atoms with E-state index in [0.717, 1.165) is 81.5 Å². The van der Waals surface area contributed by atoms with Crippen molar-refractivity contribution >= 4 is 52.3 Å². The molecule has 0 saturated heterocycles. The minimum Gasteiger partial charge on any atom is -0.497 e. The van der Waals surface area contributed by atoms with Crippen LogP contribution >= 0.6 is 15.9 Å². The van der Waals surface area contributed by atoms with Gasteiger partial charge in [0.1, 0.15) is 81.0 Å². The summed E-state index contributed by atoms with van der Waals surface area (Å²) >= 11 is 3.44. The van der Waals surface area contributed by atoms with Gasteiger partial charge in [-0.2, -0.15) is 0 Å². The molecular weight excluding hydrogens is 1180 g/mol. The first-order chi connectivity index (χ1) is 40.8. The maximum Gasteiger partial charge on any atom is 0.496 e. The number of rotatable bonds is 22. The molecule has 0 fully saturated rings. The number of methoxy groups -OCH3 is 5. The van der Waals surface area contributed by atoms with Gasteiger partial charge in [-0.25, -0.2) is 27.2 Å². The number of hydrogen-bond acceptors (Lipinski definition) is 15. The first-order valence-corrected chi connectivity index (χ1v) is 27.7. The summed E-state index contributed by atoms with van der Waals surface area (Å²) in [6.45, 7) is 6.84. The van der Waals surface area contributed by atoms with Crippen LogP contribution in [0.4, 0.5) is 17.6 Å². The number of halogens is 5. The molecule has 2 atom stereocenters. The Kier molecular flexibility index (Phi) is 24.8. The second-order valence-corrected chi connectivity index (χ2v) is 19.8. The Morgan fingerprint density at radius 1 is 0.612 bits per heavy atom. The Hall–Kier alpha value is -7.90. The highest BCUT2D eigenvalue weighted by molar-refractivity contribution is 9.10. The molecule has 6 aromatic rings. The van der Waals surface area contributed by atoms with Gasteiger partial charge >= 0.3 is 19.1 Å². The molecule has 18 nitrogen and oxygen atoms in total. The molecule has 8 rings (SSSR count). The Bertz CT molecular complexity index is 3250. The normalized spacial score (nSPS) is 12.8. The van der Waals surface area contributed by atoms with Gasteiger partial charge in [0.15, 0.2) is 0 Å². The highest BCUT2D eigenvalue weighted by Crippen LogP contribution is 2.47. The third-order valence-corrected chi connectivity index (χ3v) is 14.2. The van der Waals surface area contributed by atoms with Gasteiger partial charge in [-0.3, -0.25) is 9.59 Å². The van der Waals surface area contributed by atoms with Gasteiger partial charge < -0.3 is 68.4 Å². The number of nitrogens with one attached hydrogen (secondary N) is 2. The second-order valence-electron chi connectivity index (χ2n) is 19.0. The summed E-state index contributed by atoms with van der Waals surface area (Å²) in [5.74, 6) is -5.26. The Balaban J connectivity index is 0.000000223. The lowest BCUT2D eigenvalue weighted by atomic mass is 9.78. The first-order valence-electron chi connectivity index (χ1n) is 26.9. The standard InChI is InChI=1S/C30H31F2NO7.C20H18BrF2NO4.C11H17BO5/c1-4-39-16-17-13-24(37-2)26(25(14-17)38-3)20-11-10-18(19-7-6-12-40-28(19)20)15-23(30(35)36)33-29(34)27-21(31)8-5-9-22(27)32;1-27-20(26)16(24-19(25)17-14(22)5-2-6-15(17)23)10-11-7-8-13(21)18-12(11)4-3-9-28-18;1-4-17-7-8-5-9(15-2)11(12(13)14)10(6-8)16-3/h5,8-11,13-14,23H,4,6-7,12,15-16H2,1-3H3,(H,33,34)(H,35,36);2,5-8,16H,3-4,9-10H2,1H3,(H,24,25);5-6,13-14H,4,7H2,1-3H3/t23-;16-;/m00./s1. The Morgan fingerprint density at radius 3 is 1.47 bits per heavy atom. The van der Waals surface area contributed by atoms with Gasteiger partial charge in [0.25, 0.3) is 11.8 Å². The number of fused-ring (bicyclic) bond motifs is 2. The quantitative estimate of drug-likeness (QED) is 0.0244. The molecule has 454 valence electrons. The Labute approximate surface area is 497 Å². The van der Waals surface area contributed by atoms with E-state index in [2.05, 4.69) is 26.6 Å². The van der Waals surface area contributed by atoms with Crippen molar-refractivity contribution < 1.29 is 94.5 Å². The highest BCUT2D eigenvalue weighted by Gasteiger charge is 2.31. The van der Waals surface area contributed by atoms with Crippen molar-refractivity contribution in [2.24, 2.45) is 0 Å². The molecule has 85 heavy (non-hydrogen) atoms. The molecule has 0 bridgehead atoms. The minimum atomic E-state index is -1.64. The molecule has 0 saturated carbocycles. The number of carboxylic acids is 1. The maximum atomic E-state index is 14.1. The molecule has 24 heteroatoms. The van der Waals surface area contributed by atoms with Gasteiger partial charge in [0.05, 0.1) is 77.5 Å². The van der Waals surface area contributed by atoms with Crippen LogP contribution in [0.3, 0.4) is 0 Å². The van der Waals surface area contributed by atoms with Crippen molar-refractivity contribution in [1.29, 1.82) is 0 Å². The average Bonchev–Trinajstić information content (AvgIpc) is 3.60. The molecule has 6 aromatic carbocycles. The SMILES string of the molecule is CCOCc1cc(OC)c(-c2ccc(C[C@H](NC(=O)c3c(F)cccc3F)C(=O)O)c3c2OCCC3)c(OC)c1.CCOCc1cc(OC)c(B(O)O)c(OC)c1.COC(=O)[C@H](Cc1ccc(Br)c2c1CCCO2)NC(=O)c1c(F)cccc1F. The summed E-state index contributed by atoms with van der Waals surface area (Å²) in [6, 6.07) is 17.9. The van der Waals surface area contributed by atoms with Crippen molar-refractivity contribution in [3.8, 4) is 45.6 Å². The molecule has 0 aromatic heterocycles. The number of hydrogen-bond donors (Lipinski definition) is 5. The molecule has 0 aliphatic carbocycles. The monoisotopic (exact) mass is 1250 g/mol. The van der Waals surface area contributed by atoms with Gasteiger partial charge in [-0.05, 0) is 143 Å². The fourth-order valence-corrected chi connectivity index (χ4v) is 10.0. The van der Waals surface area contributed by atoms with Crippen LogP contribution in [-0.2, 0) is 62.7 Å². The summed E-state index contributed by atoms with van der Waals surface area (Å²) in [5, 5.41) is 33.1. The third-order valence-electron chi connectivity index (χ3n) is 13.6. The van der Waals surface area contributed by atoms with E-state index < -0.39 is 77.4 Å². The fraction of sp³-hybridized carbons (Fsp3) is 0.344. The lowest BCUT2D eigenvalue weighted by Crippen LogP contribution is -2.43. The van der Waals surface area contributed by atoms with Gasteiger partial charge in [0, 0.05) is 31.6 Å². The topological polar surface area (TPSA) is 236 Å². The minimum absolute atomic E-state index is 0.105. The summed E-state index contributed by atoms with van der Waals surface area (Å²) < 4.78 is 106.